The van der Waals surface area contributed by atoms with Crippen molar-refractivity contribution in [1.82, 2.24) is 15.5 Å². The number of aromatic nitrogens is 2. The Labute approximate surface area is 113 Å². The predicted octanol–water partition coefficient (Wildman–Crippen LogP) is 2.31. The number of aromatic amines is 1. The number of nitrogens with one attached hydrogen (secondary N) is 2. The molecule has 0 atom stereocenters. The molecule has 0 aliphatic carbocycles. The van der Waals surface area contributed by atoms with Gasteiger partial charge in [-0.3, -0.25) is 9.89 Å². The van der Waals surface area contributed by atoms with Crippen molar-refractivity contribution in [3.63, 3.8) is 0 Å². The van der Waals surface area contributed by atoms with Crippen LogP contribution in [-0.4, -0.2) is 22.6 Å². The number of carbonyl (C=O) groups is 1. The van der Waals surface area contributed by atoms with E-state index in [1.807, 2.05) is 45.0 Å². The number of amides is 1. The van der Waals surface area contributed by atoms with Crippen LogP contribution in [-0.2, 0) is 6.42 Å². The first-order chi connectivity index (χ1) is 9.08. The number of hydrogen-bond acceptors (Lipinski definition) is 2. The SMILES string of the molecule is Cc1ccc(C(=O)NCCc2c(C)n[nH]c2C)cc1. The number of aryl methyl sites for hydroxylation is 3. The van der Waals surface area contributed by atoms with Crippen molar-refractivity contribution in [3.8, 4) is 0 Å². The lowest BCUT2D eigenvalue weighted by Gasteiger charge is -2.06. The predicted molar refractivity (Wildman–Crippen MR) is 75.3 cm³/mol. The van der Waals surface area contributed by atoms with E-state index in [9.17, 15) is 4.79 Å². The lowest BCUT2D eigenvalue weighted by molar-refractivity contribution is 0.0954. The molecule has 2 aromatic rings. The molecule has 1 heterocycles. The summed E-state index contributed by atoms with van der Waals surface area (Å²) in [4.78, 5) is 11.9. The monoisotopic (exact) mass is 257 g/mol. The van der Waals surface area contributed by atoms with Gasteiger partial charge >= 0.3 is 0 Å². The highest BCUT2D eigenvalue weighted by atomic mass is 16.1. The number of hydrogen-bond donors (Lipinski definition) is 2. The second-order valence-electron chi connectivity index (χ2n) is 4.78. The third-order valence-corrected chi connectivity index (χ3v) is 3.26. The molecular weight excluding hydrogens is 238 g/mol. The maximum Gasteiger partial charge on any atom is 0.251 e. The maximum absolute atomic E-state index is 11.9. The molecule has 0 bridgehead atoms. The van der Waals surface area contributed by atoms with Crippen LogP contribution in [0.5, 0.6) is 0 Å². The van der Waals surface area contributed by atoms with Crippen molar-refractivity contribution in [3.05, 3.63) is 52.3 Å². The molecule has 0 saturated heterocycles. The van der Waals surface area contributed by atoms with E-state index >= 15 is 0 Å². The lowest BCUT2D eigenvalue weighted by atomic mass is 10.1. The molecule has 0 unspecified atom stereocenters. The highest BCUT2D eigenvalue weighted by molar-refractivity contribution is 5.94. The summed E-state index contributed by atoms with van der Waals surface area (Å²) in [5, 5.41) is 10.0. The maximum atomic E-state index is 11.9. The molecule has 0 aliphatic heterocycles. The molecule has 4 nitrogen and oxygen atoms in total. The molecule has 1 aromatic carbocycles. The molecule has 0 aliphatic rings. The quantitative estimate of drug-likeness (QED) is 0.883. The van der Waals surface area contributed by atoms with E-state index in [2.05, 4.69) is 15.5 Å². The van der Waals surface area contributed by atoms with E-state index in [1.54, 1.807) is 0 Å². The number of H-pyrrole nitrogens is 1. The molecule has 100 valence electrons. The zero-order valence-electron chi connectivity index (χ0n) is 11.6. The fourth-order valence-corrected chi connectivity index (χ4v) is 2.05. The standard InChI is InChI=1S/C15H19N3O/c1-10-4-6-13(7-5-10)15(19)16-9-8-14-11(2)17-18-12(14)3/h4-7H,8-9H2,1-3H3,(H,16,19)(H,17,18). The van der Waals surface area contributed by atoms with Crippen LogP contribution in [0, 0.1) is 20.8 Å². The molecule has 0 spiro atoms. The van der Waals surface area contributed by atoms with Crippen molar-refractivity contribution in [2.75, 3.05) is 6.54 Å². The largest absolute Gasteiger partial charge is 0.352 e. The summed E-state index contributed by atoms with van der Waals surface area (Å²) in [7, 11) is 0. The summed E-state index contributed by atoms with van der Waals surface area (Å²) in [5.41, 5.74) is 5.11. The molecule has 2 rings (SSSR count). The van der Waals surface area contributed by atoms with Crippen molar-refractivity contribution in [2.45, 2.75) is 27.2 Å². The first-order valence-corrected chi connectivity index (χ1v) is 6.43. The first kappa shape index (κ1) is 13.3. The molecule has 19 heavy (non-hydrogen) atoms. The van der Waals surface area contributed by atoms with E-state index in [-0.39, 0.29) is 5.91 Å². The van der Waals surface area contributed by atoms with E-state index in [1.165, 1.54) is 5.56 Å². The van der Waals surface area contributed by atoms with Gasteiger partial charge < -0.3 is 5.32 Å². The summed E-state index contributed by atoms with van der Waals surface area (Å²) in [6, 6.07) is 7.58. The van der Waals surface area contributed by atoms with Gasteiger partial charge in [-0.1, -0.05) is 17.7 Å². The van der Waals surface area contributed by atoms with Gasteiger partial charge in [0.2, 0.25) is 0 Å². The number of rotatable bonds is 4. The highest BCUT2D eigenvalue weighted by Crippen LogP contribution is 2.09. The van der Waals surface area contributed by atoms with Crippen LogP contribution in [0.15, 0.2) is 24.3 Å². The molecule has 1 aromatic heterocycles. The van der Waals surface area contributed by atoms with Gasteiger partial charge in [0.05, 0.1) is 5.69 Å². The van der Waals surface area contributed by atoms with Crippen LogP contribution in [0.3, 0.4) is 0 Å². The number of carbonyl (C=O) groups excluding carboxylic acids is 1. The molecule has 4 heteroatoms. The van der Waals surface area contributed by atoms with Gasteiger partial charge in [-0.15, -0.1) is 0 Å². The molecule has 0 radical (unpaired) electrons. The summed E-state index contributed by atoms with van der Waals surface area (Å²) < 4.78 is 0. The van der Waals surface area contributed by atoms with E-state index in [4.69, 9.17) is 0 Å². The van der Waals surface area contributed by atoms with Gasteiger partial charge in [0.25, 0.3) is 5.91 Å². The zero-order valence-corrected chi connectivity index (χ0v) is 11.6. The fourth-order valence-electron chi connectivity index (χ4n) is 2.05. The summed E-state index contributed by atoms with van der Waals surface area (Å²) >= 11 is 0. The van der Waals surface area contributed by atoms with E-state index < -0.39 is 0 Å². The van der Waals surface area contributed by atoms with Gasteiger partial charge in [-0.2, -0.15) is 5.10 Å². The number of nitrogens with zero attached hydrogens (tertiary/aromatic N) is 1. The van der Waals surface area contributed by atoms with E-state index in [0.29, 0.717) is 12.1 Å². The summed E-state index contributed by atoms with van der Waals surface area (Å²) in [5.74, 6) is -0.0289. The van der Waals surface area contributed by atoms with Crippen LogP contribution in [0.25, 0.3) is 0 Å². The second-order valence-corrected chi connectivity index (χ2v) is 4.78. The third-order valence-electron chi connectivity index (χ3n) is 3.26. The van der Waals surface area contributed by atoms with Gasteiger partial charge in [0.1, 0.15) is 0 Å². The Bertz CT molecular complexity index is 550. The van der Waals surface area contributed by atoms with Crippen molar-refractivity contribution in [1.29, 1.82) is 0 Å². The molecule has 0 saturated carbocycles. The average Bonchev–Trinajstić information content (AvgIpc) is 2.71. The summed E-state index contributed by atoms with van der Waals surface area (Å²) in [6.45, 7) is 6.60. The van der Waals surface area contributed by atoms with Crippen LogP contribution >= 0.6 is 0 Å². The van der Waals surface area contributed by atoms with Gasteiger partial charge in [0, 0.05) is 17.8 Å². The van der Waals surface area contributed by atoms with Crippen LogP contribution in [0.4, 0.5) is 0 Å². The molecule has 2 N–H and O–H groups in total. The molecule has 1 amide bonds. The Morgan fingerprint density at radius 1 is 1.21 bits per heavy atom. The van der Waals surface area contributed by atoms with Crippen LogP contribution in [0.1, 0.15) is 32.9 Å². The smallest absolute Gasteiger partial charge is 0.251 e. The van der Waals surface area contributed by atoms with Gasteiger partial charge in [-0.05, 0) is 44.9 Å². The Balaban J connectivity index is 1.89. The zero-order chi connectivity index (χ0) is 13.8. The van der Waals surface area contributed by atoms with Crippen molar-refractivity contribution >= 4 is 5.91 Å². The van der Waals surface area contributed by atoms with E-state index in [0.717, 1.165) is 23.4 Å². The topological polar surface area (TPSA) is 57.8 Å². The number of benzene rings is 1. The van der Waals surface area contributed by atoms with Crippen molar-refractivity contribution < 1.29 is 4.79 Å². The summed E-state index contributed by atoms with van der Waals surface area (Å²) in [6.07, 6.45) is 0.797. The minimum Gasteiger partial charge on any atom is -0.352 e. The minimum atomic E-state index is -0.0289. The van der Waals surface area contributed by atoms with Crippen LogP contribution in [0.2, 0.25) is 0 Å². The highest BCUT2D eigenvalue weighted by Gasteiger charge is 2.08. The minimum absolute atomic E-state index is 0.0289. The Hall–Kier alpha value is -2.10. The fraction of sp³-hybridized carbons (Fsp3) is 0.333. The molecular formula is C15H19N3O. The second kappa shape index (κ2) is 5.69. The van der Waals surface area contributed by atoms with Gasteiger partial charge in [-0.25, -0.2) is 0 Å². The third kappa shape index (κ3) is 3.22. The average molecular weight is 257 g/mol. The first-order valence-electron chi connectivity index (χ1n) is 6.43. The Kier molecular flexibility index (Phi) is 4.00. The Morgan fingerprint density at radius 2 is 1.89 bits per heavy atom. The van der Waals surface area contributed by atoms with Crippen molar-refractivity contribution in [2.24, 2.45) is 0 Å². The Morgan fingerprint density at radius 3 is 2.47 bits per heavy atom. The molecule has 0 fully saturated rings. The lowest BCUT2D eigenvalue weighted by Crippen LogP contribution is -2.25. The van der Waals surface area contributed by atoms with Crippen LogP contribution < -0.4 is 5.32 Å². The van der Waals surface area contributed by atoms with Gasteiger partial charge in [0.15, 0.2) is 0 Å². The normalized spacial score (nSPS) is 10.5.